The largest absolute Gasteiger partial charge is 0.756 e. The van der Waals surface area contributed by atoms with Crippen LogP contribution in [0.15, 0.2) is 60.8 Å². The Morgan fingerprint density at radius 2 is 1.30 bits per heavy atom. The number of rotatable bonds is 37. The van der Waals surface area contributed by atoms with Crippen LogP contribution >= 0.6 is 7.82 Å². The van der Waals surface area contributed by atoms with Gasteiger partial charge in [-0.15, -0.1) is 0 Å². The van der Waals surface area contributed by atoms with Crippen LogP contribution in [0.5, 0.6) is 0 Å². The summed E-state index contributed by atoms with van der Waals surface area (Å²) >= 11 is 0. The first kappa shape index (κ1) is 52.2. The van der Waals surface area contributed by atoms with E-state index in [0.717, 1.165) is 44.9 Å². The molecule has 1 amide bonds. The predicted octanol–water partition coefficient (Wildman–Crippen LogP) is 9.80. The van der Waals surface area contributed by atoms with Crippen LogP contribution in [0, 0.1) is 0 Å². The molecular weight excluding hydrogens is 699 g/mol. The van der Waals surface area contributed by atoms with Gasteiger partial charge in [-0.25, -0.2) is 0 Å². The Balaban J connectivity index is 4.56. The van der Waals surface area contributed by atoms with Crippen molar-refractivity contribution in [1.82, 2.24) is 5.32 Å². The molecule has 10 heteroatoms. The van der Waals surface area contributed by atoms with Crippen molar-refractivity contribution in [3.63, 3.8) is 0 Å². The van der Waals surface area contributed by atoms with Gasteiger partial charge < -0.3 is 34.0 Å². The summed E-state index contributed by atoms with van der Waals surface area (Å²) in [7, 11) is 1.23. The number of unbranched alkanes of at least 4 members (excludes halogenated alkanes) is 14. The van der Waals surface area contributed by atoms with Gasteiger partial charge in [-0.3, -0.25) is 9.36 Å². The molecule has 4 atom stereocenters. The van der Waals surface area contributed by atoms with Gasteiger partial charge in [0.05, 0.1) is 46.0 Å². The molecule has 2 unspecified atom stereocenters. The standard InChI is InChI=1S/C44H81N2O7P/c1-6-8-10-11-12-13-14-15-16-20-23-26-29-32-36-43(48)42(40-53-54(50,51)52-39-38-46(3,4)5)45-44(49)37-33-30-27-24-21-18-17-19-22-25-28-31-35-41(47)34-9-7-2/h9,17-18,22,24-25,27-28,31,34,41-43,47-48H,6-8,10-16,19-21,23,26,29-30,32-33,35-40H2,1-5H3,(H-,45,49,50,51)/b18-17-,25-22-,27-24-,31-28+,34-9-/t41?,42-,43+/m0/s1. The van der Waals surface area contributed by atoms with Gasteiger partial charge in [0, 0.05) is 6.42 Å². The number of quaternary nitrogens is 1. The van der Waals surface area contributed by atoms with Gasteiger partial charge in [0.25, 0.3) is 7.82 Å². The Kier molecular flexibility index (Phi) is 34.4. The van der Waals surface area contributed by atoms with Gasteiger partial charge in [0.1, 0.15) is 13.2 Å². The van der Waals surface area contributed by atoms with E-state index in [2.05, 4.69) is 42.6 Å². The Hall–Kier alpha value is -1.84. The SMILES string of the molecule is CC/C=C\C(O)C/C=C/C=C\C/C=C\C/C=C\CCCC(=O)N[C@@H](COP(=O)([O-])OCC[N+](C)(C)C)[C@H](O)CCCCCCCCCCCCCCCC. The number of hydrogen-bond donors (Lipinski definition) is 3. The molecule has 0 aliphatic carbocycles. The lowest BCUT2D eigenvalue weighted by molar-refractivity contribution is -0.870. The smallest absolute Gasteiger partial charge is 0.268 e. The maximum Gasteiger partial charge on any atom is 0.268 e. The fourth-order valence-electron chi connectivity index (χ4n) is 5.68. The summed E-state index contributed by atoms with van der Waals surface area (Å²) in [6.07, 6.45) is 41.4. The number of phosphoric acid groups is 1. The van der Waals surface area contributed by atoms with Crippen LogP contribution in [0.1, 0.15) is 155 Å². The predicted molar refractivity (Wildman–Crippen MR) is 225 cm³/mol. The number of phosphoric ester groups is 1. The molecule has 0 aromatic rings. The zero-order valence-corrected chi connectivity index (χ0v) is 35.9. The Bertz CT molecular complexity index is 1080. The molecule has 0 radical (unpaired) electrons. The van der Waals surface area contributed by atoms with Crippen molar-refractivity contribution in [2.45, 2.75) is 173 Å². The van der Waals surface area contributed by atoms with E-state index < -0.39 is 26.1 Å². The van der Waals surface area contributed by atoms with Crippen LogP contribution < -0.4 is 10.2 Å². The molecule has 0 heterocycles. The molecule has 9 nitrogen and oxygen atoms in total. The number of nitrogens with zero attached hydrogens (tertiary/aromatic N) is 1. The van der Waals surface area contributed by atoms with Crippen LogP contribution in [-0.2, 0) is 18.4 Å². The highest BCUT2D eigenvalue weighted by molar-refractivity contribution is 7.45. The van der Waals surface area contributed by atoms with Gasteiger partial charge in [-0.05, 0) is 44.9 Å². The third kappa shape index (κ3) is 37.1. The zero-order chi connectivity index (χ0) is 40.2. The Morgan fingerprint density at radius 3 is 1.89 bits per heavy atom. The fraction of sp³-hybridized carbons (Fsp3) is 0.750. The molecule has 0 saturated heterocycles. The second-order valence-corrected chi connectivity index (χ2v) is 16.9. The van der Waals surface area contributed by atoms with E-state index in [9.17, 15) is 24.5 Å². The summed E-state index contributed by atoms with van der Waals surface area (Å²) in [5, 5.41) is 23.6. The van der Waals surface area contributed by atoms with E-state index in [4.69, 9.17) is 9.05 Å². The first-order chi connectivity index (χ1) is 25.9. The van der Waals surface area contributed by atoms with E-state index in [1.165, 1.54) is 70.6 Å². The van der Waals surface area contributed by atoms with E-state index in [-0.39, 0.29) is 25.5 Å². The molecule has 0 aromatic heterocycles. The van der Waals surface area contributed by atoms with Crippen LogP contribution in [0.25, 0.3) is 0 Å². The lowest BCUT2D eigenvalue weighted by atomic mass is 10.0. The van der Waals surface area contributed by atoms with Gasteiger partial charge in [-0.2, -0.15) is 0 Å². The molecule has 0 aliphatic heterocycles. The quantitative estimate of drug-likeness (QED) is 0.0188. The van der Waals surface area contributed by atoms with Crippen molar-refractivity contribution in [2.75, 3.05) is 40.9 Å². The summed E-state index contributed by atoms with van der Waals surface area (Å²) in [6.45, 7) is 4.41. The highest BCUT2D eigenvalue weighted by Crippen LogP contribution is 2.38. The third-order valence-electron chi connectivity index (χ3n) is 9.10. The van der Waals surface area contributed by atoms with Crippen molar-refractivity contribution in [2.24, 2.45) is 0 Å². The summed E-state index contributed by atoms with van der Waals surface area (Å²) in [4.78, 5) is 25.3. The molecule has 54 heavy (non-hydrogen) atoms. The lowest BCUT2D eigenvalue weighted by Gasteiger charge is -2.30. The Morgan fingerprint density at radius 1 is 0.741 bits per heavy atom. The van der Waals surface area contributed by atoms with Crippen LogP contribution in [0.3, 0.4) is 0 Å². The average Bonchev–Trinajstić information content (AvgIpc) is 3.11. The Labute approximate surface area is 331 Å². The highest BCUT2D eigenvalue weighted by Gasteiger charge is 2.24. The molecule has 0 rings (SSSR count). The number of hydrogen-bond acceptors (Lipinski definition) is 7. The number of aliphatic hydroxyl groups excluding tert-OH is 2. The normalized spacial score (nSPS) is 15.6. The summed E-state index contributed by atoms with van der Waals surface area (Å²) in [6, 6.07) is -0.844. The van der Waals surface area contributed by atoms with Gasteiger partial charge in [-0.1, -0.05) is 164 Å². The number of aliphatic hydroxyl groups is 2. The number of amides is 1. The molecule has 0 saturated carbocycles. The topological polar surface area (TPSA) is 128 Å². The minimum Gasteiger partial charge on any atom is -0.756 e. The zero-order valence-electron chi connectivity index (χ0n) is 35.0. The number of likely N-dealkylation sites (N-methyl/N-ethyl adjacent to an activating group) is 1. The van der Waals surface area contributed by atoms with Gasteiger partial charge >= 0.3 is 0 Å². The van der Waals surface area contributed by atoms with Crippen LogP contribution in [-0.4, -0.2) is 79.8 Å². The maximum atomic E-state index is 12.8. The molecule has 0 spiro atoms. The molecule has 0 fully saturated rings. The van der Waals surface area contributed by atoms with Crippen LogP contribution in [0.4, 0.5) is 0 Å². The number of allylic oxidation sites excluding steroid dienone is 8. The van der Waals surface area contributed by atoms with Gasteiger partial charge in [0.15, 0.2) is 0 Å². The number of carbonyl (C=O) groups is 1. The number of nitrogens with one attached hydrogen (secondary N) is 1. The van der Waals surface area contributed by atoms with Gasteiger partial charge in [0.2, 0.25) is 5.91 Å². The summed E-state index contributed by atoms with van der Waals surface area (Å²) < 4.78 is 23.2. The van der Waals surface area contributed by atoms with Crippen LogP contribution in [0.2, 0.25) is 0 Å². The molecule has 314 valence electrons. The van der Waals surface area contributed by atoms with Crippen molar-refractivity contribution in [1.29, 1.82) is 0 Å². The minimum absolute atomic E-state index is 0.00900. The fourth-order valence-corrected chi connectivity index (χ4v) is 6.40. The van der Waals surface area contributed by atoms with E-state index in [0.29, 0.717) is 30.3 Å². The lowest BCUT2D eigenvalue weighted by Crippen LogP contribution is -2.46. The molecule has 3 N–H and O–H groups in total. The van der Waals surface area contributed by atoms with E-state index in [1.54, 1.807) is 0 Å². The summed E-state index contributed by atoms with van der Waals surface area (Å²) in [5.41, 5.74) is 0. The number of carbonyl (C=O) groups excluding carboxylic acids is 1. The third-order valence-corrected chi connectivity index (χ3v) is 10.1. The average molecular weight is 781 g/mol. The second kappa shape index (κ2) is 35.6. The monoisotopic (exact) mass is 781 g/mol. The first-order valence-corrected chi connectivity index (χ1v) is 22.7. The van der Waals surface area contributed by atoms with Crippen molar-refractivity contribution in [3.8, 4) is 0 Å². The molecular formula is C44H81N2O7P. The minimum atomic E-state index is -4.59. The molecule has 0 aliphatic rings. The maximum absolute atomic E-state index is 12.8. The van der Waals surface area contributed by atoms with E-state index in [1.807, 2.05) is 58.4 Å². The highest BCUT2D eigenvalue weighted by atomic mass is 31.2. The first-order valence-electron chi connectivity index (χ1n) is 21.2. The second-order valence-electron chi connectivity index (χ2n) is 15.5. The van der Waals surface area contributed by atoms with Crippen molar-refractivity contribution >= 4 is 13.7 Å². The van der Waals surface area contributed by atoms with Crippen molar-refractivity contribution < 1.29 is 38.0 Å². The van der Waals surface area contributed by atoms with Crippen molar-refractivity contribution in [3.05, 3.63) is 60.8 Å². The molecule has 0 aromatic carbocycles. The summed E-state index contributed by atoms with van der Waals surface area (Å²) in [5.74, 6) is -0.239. The molecule has 0 bridgehead atoms. The van der Waals surface area contributed by atoms with E-state index >= 15 is 0 Å².